The SMILES string of the molecule is CCCCNCCCC.CCCCn1c(C)nc2c1c(=O)n(C)c(=O)n2C. The zero-order valence-electron chi connectivity index (χ0n) is 18.0. The van der Waals surface area contributed by atoms with Crippen LogP contribution in [0.3, 0.4) is 0 Å². The Labute approximate surface area is 162 Å². The van der Waals surface area contributed by atoms with E-state index in [2.05, 4.69) is 31.1 Å². The zero-order chi connectivity index (χ0) is 20.4. The highest BCUT2D eigenvalue weighted by Gasteiger charge is 2.16. The van der Waals surface area contributed by atoms with Crippen molar-refractivity contribution in [1.29, 1.82) is 0 Å². The summed E-state index contributed by atoms with van der Waals surface area (Å²) in [5.41, 5.74) is 0.375. The van der Waals surface area contributed by atoms with Gasteiger partial charge in [0.25, 0.3) is 5.56 Å². The van der Waals surface area contributed by atoms with E-state index in [9.17, 15) is 9.59 Å². The third-order valence-electron chi connectivity index (χ3n) is 4.69. The maximum atomic E-state index is 12.2. The van der Waals surface area contributed by atoms with Crippen molar-refractivity contribution in [1.82, 2.24) is 24.0 Å². The number of imidazole rings is 1. The number of fused-ring (bicyclic) bond motifs is 1. The molecule has 27 heavy (non-hydrogen) atoms. The second kappa shape index (κ2) is 11.7. The van der Waals surface area contributed by atoms with E-state index in [4.69, 9.17) is 0 Å². The summed E-state index contributed by atoms with van der Waals surface area (Å²) in [6, 6.07) is 0. The number of hydrogen-bond donors (Lipinski definition) is 1. The van der Waals surface area contributed by atoms with E-state index in [1.165, 1.54) is 50.4 Å². The van der Waals surface area contributed by atoms with E-state index in [0.29, 0.717) is 11.2 Å². The fraction of sp³-hybridized carbons (Fsp3) is 0.750. The first-order valence-electron chi connectivity index (χ1n) is 10.2. The van der Waals surface area contributed by atoms with Crippen LogP contribution in [0.15, 0.2) is 9.59 Å². The molecule has 0 aliphatic carbocycles. The molecule has 2 aromatic rings. The summed E-state index contributed by atoms with van der Waals surface area (Å²) in [4.78, 5) is 28.3. The molecular weight excluding hydrogens is 342 g/mol. The maximum absolute atomic E-state index is 12.2. The molecule has 0 fully saturated rings. The van der Waals surface area contributed by atoms with Crippen molar-refractivity contribution < 1.29 is 0 Å². The van der Waals surface area contributed by atoms with E-state index in [0.717, 1.165) is 29.8 Å². The highest BCUT2D eigenvalue weighted by Crippen LogP contribution is 2.11. The van der Waals surface area contributed by atoms with Gasteiger partial charge in [0, 0.05) is 20.6 Å². The Morgan fingerprint density at radius 3 is 1.96 bits per heavy atom. The number of aromatic nitrogens is 4. The van der Waals surface area contributed by atoms with Crippen molar-refractivity contribution in [2.24, 2.45) is 14.1 Å². The third kappa shape index (κ3) is 6.06. The third-order valence-corrected chi connectivity index (χ3v) is 4.69. The topological polar surface area (TPSA) is 73.8 Å². The van der Waals surface area contributed by atoms with E-state index in [1.54, 1.807) is 7.05 Å². The van der Waals surface area contributed by atoms with Crippen LogP contribution < -0.4 is 16.6 Å². The molecule has 0 saturated heterocycles. The van der Waals surface area contributed by atoms with Gasteiger partial charge in [0.15, 0.2) is 11.2 Å². The number of nitrogens with zero attached hydrogens (tertiary/aromatic N) is 4. The molecule has 2 heterocycles. The van der Waals surface area contributed by atoms with Gasteiger partial charge < -0.3 is 9.88 Å². The average Bonchev–Trinajstić information content (AvgIpc) is 3.00. The van der Waals surface area contributed by atoms with Gasteiger partial charge in [0.1, 0.15) is 5.82 Å². The Morgan fingerprint density at radius 2 is 1.44 bits per heavy atom. The van der Waals surface area contributed by atoms with Crippen molar-refractivity contribution in [2.45, 2.75) is 72.8 Å². The Balaban J connectivity index is 0.000000345. The lowest BCUT2D eigenvalue weighted by molar-refractivity contribution is 0.611. The van der Waals surface area contributed by atoms with Crippen LogP contribution in [0.4, 0.5) is 0 Å². The second-order valence-corrected chi connectivity index (χ2v) is 7.00. The lowest BCUT2D eigenvalue weighted by atomic mass is 10.3. The van der Waals surface area contributed by atoms with Crippen molar-refractivity contribution in [3.8, 4) is 0 Å². The molecule has 154 valence electrons. The molecule has 0 aliphatic rings. The first-order chi connectivity index (χ1) is 12.9. The summed E-state index contributed by atoms with van der Waals surface area (Å²) in [6.07, 6.45) is 7.29. The van der Waals surface area contributed by atoms with Crippen LogP contribution in [-0.2, 0) is 20.6 Å². The summed E-state index contributed by atoms with van der Waals surface area (Å²) >= 11 is 0. The van der Waals surface area contributed by atoms with Crippen molar-refractivity contribution in [3.63, 3.8) is 0 Å². The smallest absolute Gasteiger partial charge is 0.322 e. The second-order valence-electron chi connectivity index (χ2n) is 7.00. The standard InChI is InChI=1S/C12H18N4O2.C8H19N/c1-5-6-7-16-8(2)13-10-9(16)11(17)15(4)12(18)14(10)3;1-3-5-7-9-8-6-4-2/h5-7H2,1-4H3;9H,3-8H2,1-2H3. The molecule has 1 N–H and O–H groups in total. The molecule has 2 aromatic heterocycles. The van der Waals surface area contributed by atoms with E-state index >= 15 is 0 Å². The maximum Gasteiger partial charge on any atom is 0.332 e. The average molecular weight is 380 g/mol. The summed E-state index contributed by atoms with van der Waals surface area (Å²) in [7, 11) is 3.14. The molecule has 0 saturated carbocycles. The van der Waals surface area contributed by atoms with Crippen LogP contribution in [0.2, 0.25) is 0 Å². The first-order valence-corrected chi connectivity index (χ1v) is 10.2. The summed E-state index contributed by atoms with van der Waals surface area (Å²) in [5, 5.41) is 3.39. The van der Waals surface area contributed by atoms with Gasteiger partial charge in [-0.25, -0.2) is 9.78 Å². The fourth-order valence-corrected chi connectivity index (χ4v) is 2.87. The highest BCUT2D eigenvalue weighted by molar-refractivity contribution is 5.70. The number of rotatable bonds is 9. The molecule has 7 heteroatoms. The largest absolute Gasteiger partial charge is 0.332 e. The van der Waals surface area contributed by atoms with E-state index in [-0.39, 0.29) is 11.2 Å². The quantitative estimate of drug-likeness (QED) is 0.680. The van der Waals surface area contributed by atoms with Gasteiger partial charge >= 0.3 is 5.69 Å². The number of nitrogens with one attached hydrogen (secondary N) is 1. The minimum absolute atomic E-state index is 0.273. The molecule has 0 amide bonds. The van der Waals surface area contributed by atoms with E-state index in [1.807, 2.05) is 11.5 Å². The molecule has 0 bridgehead atoms. The fourth-order valence-electron chi connectivity index (χ4n) is 2.87. The molecule has 2 rings (SSSR count). The van der Waals surface area contributed by atoms with Gasteiger partial charge in [-0.3, -0.25) is 13.9 Å². The van der Waals surface area contributed by atoms with Crippen LogP contribution in [0, 0.1) is 6.92 Å². The molecular formula is C20H37N5O2. The molecule has 0 aromatic carbocycles. The minimum Gasteiger partial charge on any atom is -0.322 e. The van der Waals surface area contributed by atoms with Crippen LogP contribution >= 0.6 is 0 Å². The van der Waals surface area contributed by atoms with Crippen molar-refractivity contribution in [3.05, 3.63) is 26.7 Å². The number of unbranched alkanes of at least 4 members (excludes halogenated alkanes) is 3. The van der Waals surface area contributed by atoms with Crippen LogP contribution in [0.1, 0.15) is 65.1 Å². The van der Waals surface area contributed by atoms with Crippen molar-refractivity contribution >= 4 is 11.2 Å². The number of hydrogen-bond acceptors (Lipinski definition) is 4. The van der Waals surface area contributed by atoms with Gasteiger partial charge in [0.2, 0.25) is 0 Å². The van der Waals surface area contributed by atoms with Gasteiger partial charge in [0.05, 0.1) is 0 Å². The van der Waals surface area contributed by atoms with Crippen LogP contribution in [-0.4, -0.2) is 31.8 Å². The van der Waals surface area contributed by atoms with Gasteiger partial charge in [-0.05, 0) is 39.3 Å². The van der Waals surface area contributed by atoms with Crippen molar-refractivity contribution in [2.75, 3.05) is 13.1 Å². The number of aryl methyl sites for hydroxylation is 3. The molecule has 0 aliphatic heterocycles. The molecule has 7 nitrogen and oxygen atoms in total. The highest BCUT2D eigenvalue weighted by atomic mass is 16.2. The molecule has 0 radical (unpaired) electrons. The summed E-state index contributed by atoms with van der Waals surface area (Å²) in [6.45, 7) is 11.6. The van der Waals surface area contributed by atoms with E-state index < -0.39 is 0 Å². The Hall–Kier alpha value is -1.89. The lowest BCUT2D eigenvalue weighted by Gasteiger charge is -2.06. The molecule has 0 unspecified atom stereocenters. The molecule has 0 spiro atoms. The van der Waals surface area contributed by atoms with Gasteiger partial charge in [-0.2, -0.15) is 0 Å². The van der Waals surface area contributed by atoms with Crippen LogP contribution in [0.5, 0.6) is 0 Å². The Morgan fingerprint density at radius 1 is 0.889 bits per heavy atom. The predicted octanol–water partition coefficient (Wildman–Crippen LogP) is 2.72. The van der Waals surface area contributed by atoms with Crippen LogP contribution in [0.25, 0.3) is 11.2 Å². The Bertz CT molecular complexity index is 810. The lowest BCUT2D eigenvalue weighted by Crippen LogP contribution is -2.37. The monoisotopic (exact) mass is 379 g/mol. The zero-order valence-corrected chi connectivity index (χ0v) is 18.0. The first kappa shape index (κ1) is 23.1. The summed E-state index contributed by atoms with van der Waals surface area (Å²) < 4.78 is 4.46. The molecule has 0 atom stereocenters. The minimum atomic E-state index is -0.340. The van der Waals surface area contributed by atoms with Gasteiger partial charge in [-0.15, -0.1) is 0 Å². The predicted molar refractivity (Wildman–Crippen MR) is 113 cm³/mol. The van der Waals surface area contributed by atoms with Gasteiger partial charge in [-0.1, -0.05) is 40.0 Å². The normalized spacial score (nSPS) is 10.9. The summed E-state index contributed by atoms with van der Waals surface area (Å²) in [5.74, 6) is 0.775. The Kier molecular flexibility index (Phi) is 10.1.